The number of anilines is 1. The number of nitrogens with zero attached hydrogens (tertiary/aromatic N) is 1. The molecule has 6 nitrogen and oxygen atoms in total. The molecule has 1 saturated heterocycles. The molecule has 1 aliphatic heterocycles. The van der Waals surface area contributed by atoms with Crippen molar-refractivity contribution >= 4 is 17.6 Å². The lowest BCUT2D eigenvalue weighted by Gasteiger charge is -2.37. The Balaban J connectivity index is 2.14. The molecule has 1 fully saturated rings. The van der Waals surface area contributed by atoms with Crippen molar-refractivity contribution in [2.75, 3.05) is 31.2 Å². The Bertz CT molecular complexity index is 579. The summed E-state index contributed by atoms with van der Waals surface area (Å²) in [6.07, 6.45) is 0.686. The maximum absolute atomic E-state index is 13.9. The Morgan fingerprint density at radius 2 is 2.22 bits per heavy atom. The second kappa shape index (κ2) is 7.92. The van der Waals surface area contributed by atoms with Gasteiger partial charge in [-0.1, -0.05) is 6.92 Å². The highest BCUT2D eigenvalue weighted by molar-refractivity contribution is 5.95. The highest BCUT2D eigenvalue weighted by atomic mass is 19.1. The fourth-order valence-corrected chi connectivity index (χ4v) is 2.59. The average Bonchev–Trinajstić information content (AvgIpc) is 2.53. The Labute approximate surface area is 134 Å². The van der Waals surface area contributed by atoms with E-state index in [1.165, 1.54) is 6.07 Å². The molecule has 1 unspecified atom stereocenters. The smallest absolute Gasteiger partial charge is 0.305 e. The van der Waals surface area contributed by atoms with Gasteiger partial charge in [-0.2, -0.15) is 0 Å². The molecular weight excluding hydrogens is 303 g/mol. The molecule has 1 aromatic carbocycles. The summed E-state index contributed by atoms with van der Waals surface area (Å²) in [7, 11) is 0. The Kier molecular flexibility index (Phi) is 5.92. The van der Waals surface area contributed by atoms with Crippen LogP contribution < -0.4 is 10.2 Å². The number of nitrogens with one attached hydrogen (secondary N) is 1. The third-order valence-electron chi connectivity index (χ3n) is 3.80. The van der Waals surface area contributed by atoms with Crippen molar-refractivity contribution < 1.29 is 23.8 Å². The summed E-state index contributed by atoms with van der Waals surface area (Å²) >= 11 is 0. The minimum atomic E-state index is -0.996. The van der Waals surface area contributed by atoms with Gasteiger partial charge in [0.1, 0.15) is 5.82 Å². The SMILES string of the molecule is CCC1COCCN1c1cc(F)cc(C(=O)NCCC(=O)O)c1. The molecule has 0 spiro atoms. The highest BCUT2D eigenvalue weighted by Gasteiger charge is 2.23. The van der Waals surface area contributed by atoms with Crippen LogP contribution in [0.5, 0.6) is 0 Å². The summed E-state index contributed by atoms with van der Waals surface area (Å²) in [6, 6.07) is 4.34. The van der Waals surface area contributed by atoms with Crippen molar-refractivity contribution in [3.63, 3.8) is 0 Å². The fraction of sp³-hybridized carbons (Fsp3) is 0.500. The van der Waals surface area contributed by atoms with Gasteiger partial charge in [0.05, 0.1) is 25.7 Å². The molecule has 126 valence electrons. The van der Waals surface area contributed by atoms with Gasteiger partial charge in [0, 0.05) is 24.3 Å². The van der Waals surface area contributed by atoms with Crippen LogP contribution in [0.15, 0.2) is 18.2 Å². The number of benzene rings is 1. The van der Waals surface area contributed by atoms with E-state index in [0.717, 1.165) is 12.5 Å². The number of carboxylic acids is 1. The Morgan fingerprint density at radius 1 is 1.43 bits per heavy atom. The number of carbonyl (C=O) groups excluding carboxylic acids is 1. The lowest BCUT2D eigenvalue weighted by atomic mass is 10.1. The zero-order valence-corrected chi connectivity index (χ0v) is 13.0. The standard InChI is InChI=1S/C16H21FN2O4/c1-2-13-10-23-6-5-19(13)14-8-11(7-12(17)9-14)16(22)18-4-3-15(20)21/h7-9,13H,2-6,10H2,1H3,(H,18,22)(H,20,21). The molecule has 2 N–H and O–H groups in total. The number of ether oxygens (including phenoxy) is 1. The number of morpholine rings is 1. The topological polar surface area (TPSA) is 78.9 Å². The van der Waals surface area contributed by atoms with E-state index in [-0.39, 0.29) is 24.6 Å². The van der Waals surface area contributed by atoms with E-state index in [1.807, 2.05) is 11.8 Å². The summed E-state index contributed by atoms with van der Waals surface area (Å²) in [5.74, 6) is -1.97. The van der Waals surface area contributed by atoms with Crippen LogP contribution in [0.25, 0.3) is 0 Å². The van der Waals surface area contributed by atoms with Gasteiger partial charge >= 0.3 is 5.97 Å². The number of halogens is 1. The lowest BCUT2D eigenvalue weighted by molar-refractivity contribution is -0.136. The van der Waals surface area contributed by atoms with Crippen molar-refractivity contribution in [2.45, 2.75) is 25.8 Å². The van der Waals surface area contributed by atoms with Crippen molar-refractivity contribution in [3.05, 3.63) is 29.6 Å². The molecule has 7 heteroatoms. The lowest BCUT2D eigenvalue weighted by Crippen LogP contribution is -2.45. The number of hydrogen-bond acceptors (Lipinski definition) is 4. The van der Waals surface area contributed by atoms with Gasteiger partial charge in [-0.15, -0.1) is 0 Å². The summed E-state index contributed by atoms with van der Waals surface area (Å²) in [6.45, 7) is 3.82. The van der Waals surface area contributed by atoms with Crippen molar-refractivity contribution in [1.29, 1.82) is 0 Å². The number of rotatable bonds is 6. The third kappa shape index (κ3) is 4.66. The normalized spacial score (nSPS) is 17.8. The maximum Gasteiger partial charge on any atom is 0.305 e. The van der Waals surface area contributed by atoms with Crippen LogP contribution in [0.4, 0.5) is 10.1 Å². The first-order valence-corrected chi connectivity index (χ1v) is 7.66. The molecule has 0 radical (unpaired) electrons. The van der Waals surface area contributed by atoms with Gasteiger partial charge in [-0.25, -0.2) is 4.39 Å². The quantitative estimate of drug-likeness (QED) is 0.832. The minimum Gasteiger partial charge on any atom is -0.481 e. The third-order valence-corrected chi connectivity index (χ3v) is 3.80. The van der Waals surface area contributed by atoms with Crippen LogP contribution in [-0.4, -0.2) is 49.3 Å². The highest BCUT2D eigenvalue weighted by Crippen LogP contribution is 2.24. The summed E-state index contributed by atoms with van der Waals surface area (Å²) in [5.41, 5.74) is 0.829. The van der Waals surface area contributed by atoms with E-state index in [4.69, 9.17) is 9.84 Å². The maximum atomic E-state index is 13.9. The Morgan fingerprint density at radius 3 is 2.91 bits per heavy atom. The summed E-state index contributed by atoms with van der Waals surface area (Å²) in [4.78, 5) is 24.6. The first-order chi connectivity index (χ1) is 11.0. The van der Waals surface area contributed by atoms with Crippen molar-refractivity contribution in [3.8, 4) is 0 Å². The van der Waals surface area contributed by atoms with Crippen molar-refractivity contribution in [2.24, 2.45) is 0 Å². The first kappa shape index (κ1) is 17.2. The largest absolute Gasteiger partial charge is 0.481 e. The summed E-state index contributed by atoms with van der Waals surface area (Å²) < 4.78 is 19.3. The van der Waals surface area contributed by atoms with E-state index in [0.29, 0.717) is 25.4 Å². The van der Waals surface area contributed by atoms with Gasteiger partial charge in [-0.05, 0) is 24.6 Å². The van der Waals surface area contributed by atoms with Gasteiger partial charge in [0.15, 0.2) is 0 Å². The van der Waals surface area contributed by atoms with Crippen LogP contribution in [0.2, 0.25) is 0 Å². The predicted molar refractivity (Wildman–Crippen MR) is 83.2 cm³/mol. The molecule has 23 heavy (non-hydrogen) atoms. The zero-order valence-electron chi connectivity index (χ0n) is 13.0. The molecule has 2 rings (SSSR count). The van der Waals surface area contributed by atoms with E-state index in [1.54, 1.807) is 6.07 Å². The number of carboxylic acid groups (broad SMARTS) is 1. The molecule has 0 aromatic heterocycles. The molecule has 0 bridgehead atoms. The van der Waals surface area contributed by atoms with Gasteiger partial charge < -0.3 is 20.1 Å². The van der Waals surface area contributed by atoms with E-state index >= 15 is 0 Å². The monoisotopic (exact) mass is 324 g/mol. The van der Waals surface area contributed by atoms with Crippen LogP contribution >= 0.6 is 0 Å². The van der Waals surface area contributed by atoms with Gasteiger partial charge in [0.25, 0.3) is 5.91 Å². The molecule has 1 amide bonds. The zero-order chi connectivity index (χ0) is 16.8. The predicted octanol–water partition coefficient (Wildman–Crippen LogP) is 1.65. The molecule has 1 aliphatic rings. The van der Waals surface area contributed by atoms with Gasteiger partial charge in [-0.3, -0.25) is 9.59 Å². The van der Waals surface area contributed by atoms with E-state index in [2.05, 4.69) is 5.32 Å². The summed E-state index contributed by atoms with van der Waals surface area (Å²) in [5, 5.41) is 11.1. The van der Waals surface area contributed by atoms with E-state index in [9.17, 15) is 14.0 Å². The molecule has 1 atom stereocenters. The van der Waals surface area contributed by atoms with Crippen molar-refractivity contribution in [1.82, 2.24) is 5.32 Å². The van der Waals surface area contributed by atoms with Crippen LogP contribution in [0.3, 0.4) is 0 Å². The molecule has 1 aromatic rings. The number of amides is 1. The molecule has 1 heterocycles. The molecular formula is C16H21FN2O4. The number of aliphatic carboxylic acids is 1. The van der Waals surface area contributed by atoms with E-state index < -0.39 is 17.7 Å². The van der Waals surface area contributed by atoms with Gasteiger partial charge in [0.2, 0.25) is 0 Å². The van der Waals surface area contributed by atoms with Crippen LogP contribution in [0.1, 0.15) is 30.1 Å². The van der Waals surface area contributed by atoms with Crippen LogP contribution in [-0.2, 0) is 9.53 Å². The second-order valence-corrected chi connectivity index (χ2v) is 5.43. The Hall–Kier alpha value is -2.15. The number of carbonyl (C=O) groups is 2. The molecule has 0 aliphatic carbocycles. The molecule has 0 saturated carbocycles. The fourth-order valence-electron chi connectivity index (χ4n) is 2.59. The average molecular weight is 324 g/mol. The van der Waals surface area contributed by atoms with Crippen LogP contribution in [0, 0.1) is 5.82 Å². The second-order valence-electron chi connectivity index (χ2n) is 5.43. The number of hydrogen-bond donors (Lipinski definition) is 2. The minimum absolute atomic E-state index is 0.00908. The first-order valence-electron chi connectivity index (χ1n) is 7.66.